The number of hydrogen-bond donors (Lipinski definition) is 0. The Labute approximate surface area is 119 Å². The molecule has 1 aliphatic carbocycles. The summed E-state index contributed by atoms with van der Waals surface area (Å²) in [7, 11) is 0. The van der Waals surface area contributed by atoms with Gasteiger partial charge in [-0.3, -0.25) is 4.79 Å². The molecule has 1 heterocycles. The van der Waals surface area contributed by atoms with E-state index in [2.05, 4.69) is 17.1 Å². The van der Waals surface area contributed by atoms with Crippen molar-refractivity contribution in [3.63, 3.8) is 0 Å². The first-order chi connectivity index (χ1) is 9.78. The van der Waals surface area contributed by atoms with Gasteiger partial charge in [0.2, 0.25) is 5.78 Å². The molecule has 0 radical (unpaired) electrons. The fourth-order valence-electron chi connectivity index (χ4n) is 3.37. The zero-order valence-corrected chi connectivity index (χ0v) is 11.9. The number of imidazole rings is 1. The zero-order chi connectivity index (χ0) is 14.0. The van der Waals surface area contributed by atoms with E-state index < -0.39 is 0 Å². The molecule has 0 unspecified atom stereocenters. The van der Waals surface area contributed by atoms with Gasteiger partial charge in [-0.05, 0) is 25.3 Å². The van der Waals surface area contributed by atoms with Crippen LogP contribution < -0.4 is 0 Å². The molecule has 1 fully saturated rings. The number of hydrogen-bond acceptors (Lipinski definition) is 2. The van der Waals surface area contributed by atoms with E-state index in [1.54, 1.807) is 6.20 Å². The SMILES string of the molecule is CCn1ccnc1C(=O)C1(c2ccccc2)CCCC1. The first kappa shape index (κ1) is 13.1. The minimum absolute atomic E-state index is 0.188. The number of carbonyl (C=O) groups excluding carboxylic acids is 1. The molecule has 1 aliphatic rings. The molecule has 0 aliphatic heterocycles. The molecule has 0 atom stereocenters. The van der Waals surface area contributed by atoms with Crippen LogP contribution in [0.5, 0.6) is 0 Å². The second-order valence-electron chi connectivity index (χ2n) is 5.52. The summed E-state index contributed by atoms with van der Waals surface area (Å²) in [5, 5.41) is 0. The van der Waals surface area contributed by atoms with Gasteiger partial charge in [0.15, 0.2) is 5.82 Å². The Kier molecular flexibility index (Phi) is 3.43. The lowest BCUT2D eigenvalue weighted by Crippen LogP contribution is -2.35. The highest BCUT2D eigenvalue weighted by molar-refractivity contribution is 6.01. The summed E-state index contributed by atoms with van der Waals surface area (Å²) >= 11 is 0. The van der Waals surface area contributed by atoms with Crippen molar-refractivity contribution in [3.05, 3.63) is 54.1 Å². The second kappa shape index (κ2) is 5.23. The summed E-state index contributed by atoms with van der Waals surface area (Å²) in [6.07, 6.45) is 7.73. The maximum Gasteiger partial charge on any atom is 0.208 e. The van der Waals surface area contributed by atoms with E-state index in [4.69, 9.17) is 0 Å². The van der Waals surface area contributed by atoms with Crippen molar-refractivity contribution < 1.29 is 4.79 Å². The molecule has 0 bridgehead atoms. The summed E-state index contributed by atoms with van der Waals surface area (Å²) in [5.41, 5.74) is 0.785. The number of aryl methyl sites for hydroxylation is 1. The number of benzene rings is 1. The summed E-state index contributed by atoms with van der Waals surface area (Å²) in [6.45, 7) is 2.83. The van der Waals surface area contributed by atoms with Gasteiger partial charge in [0.25, 0.3) is 0 Å². The molecular weight excluding hydrogens is 248 g/mol. The van der Waals surface area contributed by atoms with Gasteiger partial charge in [-0.1, -0.05) is 43.2 Å². The van der Waals surface area contributed by atoms with E-state index in [9.17, 15) is 4.79 Å². The Morgan fingerprint density at radius 2 is 1.95 bits per heavy atom. The molecule has 0 amide bonds. The van der Waals surface area contributed by atoms with Gasteiger partial charge < -0.3 is 4.57 Å². The average Bonchev–Trinajstić information content (AvgIpc) is 3.17. The summed E-state index contributed by atoms with van der Waals surface area (Å²) < 4.78 is 1.95. The van der Waals surface area contributed by atoms with Gasteiger partial charge >= 0.3 is 0 Å². The average molecular weight is 268 g/mol. The molecule has 0 spiro atoms. The van der Waals surface area contributed by atoms with Gasteiger partial charge in [-0.15, -0.1) is 0 Å². The molecule has 0 N–H and O–H groups in total. The van der Waals surface area contributed by atoms with Crippen molar-refractivity contribution in [1.82, 2.24) is 9.55 Å². The molecule has 1 aromatic carbocycles. The molecule has 1 saturated carbocycles. The molecule has 3 rings (SSSR count). The predicted molar refractivity (Wildman–Crippen MR) is 78.8 cm³/mol. The van der Waals surface area contributed by atoms with Crippen LogP contribution in [0.15, 0.2) is 42.7 Å². The first-order valence-electron chi connectivity index (χ1n) is 7.39. The minimum atomic E-state index is -0.362. The molecule has 104 valence electrons. The molecule has 20 heavy (non-hydrogen) atoms. The predicted octanol–water partition coefficient (Wildman–Crippen LogP) is 3.60. The smallest absolute Gasteiger partial charge is 0.208 e. The van der Waals surface area contributed by atoms with E-state index in [1.807, 2.05) is 35.9 Å². The number of ketones is 1. The molecule has 1 aromatic heterocycles. The number of aromatic nitrogens is 2. The van der Waals surface area contributed by atoms with Crippen molar-refractivity contribution in [3.8, 4) is 0 Å². The van der Waals surface area contributed by atoms with E-state index in [0.29, 0.717) is 5.82 Å². The number of rotatable bonds is 4. The van der Waals surface area contributed by atoms with Gasteiger partial charge in [0, 0.05) is 18.9 Å². The molecule has 0 saturated heterocycles. The van der Waals surface area contributed by atoms with Crippen LogP contribution in [0.1, 0.15) is 48.8 Å². The Bertz CT molecular complexity index is 594. The third-order valence-electron chi connectivity index (χ3n) is 4.48. The Hall–Kier alpha value is -1.90. The van der Waals surface area contributed by atoms with Crippen LogP contribution in [0, 0.1) is 0 Å². The lowest BCUT2D eigenvalue weighted by atomic mass is 9.75. The number of carbonyl (C=O) groups is 1. The monoisotopic (exact) mass is 268 g/mol. The summed E-state index contributed by atoms with van der Waals surface area (Å²) in [4.78, 5) is 17.4. The zero-order valence-electron chi connectivity index (χ0n) is 11.9. The van der Waals surface area contributed by atoms with Crippen molar-refractivity contribution in [2.45, 2.75) is 44.6 Å². The number of nitrogens with zero attached hydrogens (tertiary/aromatic N) is 2. The Morgan fingerprint density at radius 1 is 1.25 bits per heavy atom. The van der Waals surface area contributed by atoms with Crippen molar-refractivity contribution >= 4 is 5.78 Å². The van der Waals surface area contributed by atoms with Crippen molar-refractivity contribution in [1.29, 1.82) is 0 Å². The van der Waals surface area contributed by atoms with Gasteiger partial charge in [0.1, 0.15) is 0 Å². The maximum absolute atomic E-state index is 13.1. The van der Waals surface area contributed by atoms with E-state index in [-0.39, 0.29) is 11.2 Å². The van der Waals surface area contributed by atoms with Crippen LogP contribution in [0.4, 0.5) is 0 Å². The van der Waals surface area contributed by atoms with Crippen molar-refractivity contribution in [2.75, 3.05) is 0 Å². The fraction of sp³-hybridized carbons (Fsp3) is 0.412. The van der Waals surface area contributed by atoms with Gasteiger partial charge in [-0.2, -0.15) is 0 Å². The standard InChI is InChI=1S/C17H20N2O/c1-2-19-13-12-18-16(19)15(20)17(10-6-7-11-17)14-8-4-3-5-9-14/h3-5,8-9,12-13H,2,6-7,10-11H2,1H3. The molecule has 3 nitrogen and oxygen atoms in total. The Morgan fingerprint density at radius 3 is 2.60 bits per heavy atom. The first-order valence-corrected chi connectivity index (χ1v) is 7.39. The minimum Gasteiger partial charge on any atom is -0.329 e. The highest BCUT2D eigenvalue weighted by Gasteiger charge is 2.44. The van der Waals surface area contributed by atoms with Crippen LogP contribution in [-0.4, -0.2) is 15.3 Å². The normalized spacial score (nSPS) is 17.2. The van der Waals surface area contributed by atoms with E-state index in [1.165, 1.54) is 0 Å². The van der Waals surface area contributed by atoms with Crippen LogP contribution in [0.25, 0.3) is 0 Å². The lowest BCUT2D eigenvalue weighted by molar-refractivity contribution is 0.0870. The Balaban J connectivity index is 2.06. The van der Waals surface area contributed by atoms with Gasteiger partial charge in [0.05, 0.1) is 5.41 Å². The lowest BCUT2D eigenvalue weighted by Gasteiger charge is -2.27. The third-order valence-corrected chi connectivity index (χ3v) is 4.48. The largest absolute Gasteiger partial charge is 0.329 e. The van der Waals surface area contributed by atoms with E-state index >= 15 is 0 Å². The van der Waals surface area contributed by atoms with Crippen molar-refractivity contribution in [2.24, 2.45) is 0 Å². The highest BCUT2D eigenvalue weighted by atomic mass is 16.1. The topological polar surface area (TPSA) is 34.9 Å². The highest BCUT2D eigenvalue weighted by Crippen LogP contribution is 2.43. The molecular formula is C17H20N2O. The third kappa shape index (κ3) is 1.98. The van der Waals surface area contributed by atoms with Crippen LogP contribution in [0.2, 0.25) is 0 Å². The van der Waals surface area contributed by atoms with Crippen LogP contribution >= 0.6 is 0 Å². The number of Topliss-reactive ketones (excluding diaryl/α,β-unsaturated/α-hetero) is 1. The van der Waals surface area contributed by atoms with Crippen LogP contribution in [-0.2, 0) is 12.0 Å². The fourth-order valence-corrected chi connectivity index (χ4v) is 3.37. The molecule has 2 aromatic rings. The maximum atomic E-state index is 13.1. The van der Waals surface area contributed by atoms with E-state index in [0.717, 1.165) is 37.8 Å². The van der Waals surface area contributed by atoms with Gasteiger partial charge in [-0.25, -0.2) is 4.98 Å². The summed E-state index contributed by atoms with van der Waals surface area (Å²) in [6, 6.07) is 10.2. The summed E-state index contributed by atoms with van der Waals surface area (Å²) in [5.74, 6) is 0.798. The van der Waals surface area contributed by atoms with Crippen LogP contribution in [0.3, 0.4) is 0 Å². The molecule has 3 heteroatoms. The quantitative estimate of drug-likeness (QED) is 0.794. The second-order valence-corrected chi connectivity index (χ2v) is 5.52.